The van der Waals surface area contributed by atoms with E-state index in [1.807, 2.05) is 49.4 Å². The van der Waals surface area contributed by atoms with Crippen LogP contribution >= 0.6 is 0 Å². The molecule has 1 atom stereocenters. The summed E-state index contributed by atoms with van der Waals surface area (Å²) in [5.74, 6) is -0.354. The SMILES string of the molecule is COc1ccc(C)cc1N1CC(C(=O)Nc2ccc(N3CCC(C(N)=O)CC3)cc2)CC1=O. The van der Waals surface area contributed by atoms with Crippen molar-refractivity contribution >= 4 is 34.8 Å². The summed E-state index contributed by atoms with van der Waals surface area (Å²) in [6, 6.07) is 13.3. The van der Waals surface area contributed by atoms with Crippen molar-refractivity contribution in [3.05, 3.63) is 48.0 Å². The molecule has 2 heterocycles. The molecule has 1 unspecified atom stereocenters. The number of amides is 3. The summed E-state index contributed by atoms with van der Waals surface area (Å²) in [6.07, 6.45) is 1.67. The van der Waals surface area contributed by atoms with Gasteiger partial charge in [-0.1, -0.05) is 6.07 Å². The summed E-state index contributed by atoms with van der Waals surface area (Å²) in [4.78, 5) is 40.7. The number of hydrogen-bond acceptors (Lipinski definition) is 5. The molecule has 2 saturated heterocycles. The van der Waals surface area contributed by atoms with Gasteiger partial charge in [0.2, 0.25) is 17.7 Å². The standard InChI is InChI=1S/C25H30N4O4/c1-16-3-8-22(33-2)21(13-16)29-15-18(14-23(29)30)25(32)27-19-4-6-20(7-5-19)28-11-9-17(10-12-28)24(26)31/h3-8,13,17-18H,9-12,14-15H2,1-2H3,(H2,26,31)(H,27,32). The molecule has 3 amide bonds. The van der Waals surface area contributed by atoms with E-state index in [2.05, 4.69) is 10.2 Å². The van der Waals surface area contributed by atoms with Crippen LogP contribution < -0.4 is 25.6 Å². The van der Waals surface area contributed by atoms with Crippen LogP contribution in [-0.2, 0) is 14.4 Å². The van der Waals surface area contributed by atoms with E-state index in [0.29, 0.717) is 23.7 Å². The molecule has 8 nitrogen and oxygen atoms in total. The minimum Gasteiger partial charge on any atom is -0.495 e. The smallest absolute Gasteiger partial charge is 0.229 e. The first-order valence-electron chi connectivity index (χ1n) is 11.3. The van der Waals surface area contributed by atoms with Crippen LogP contribution in [-0.4, -0.2) is 44.5 Å². The Morgan fingerprint density at radius 2 is 1.76 bits per heavy atom. The minimum atomic E-state index is -0.435. The van der Waals surface area contributed by atoms with Gasteiger partial charge in [0.15, 0.2) is 0 Å². The van der Waals surface area contributed by atoms with Crippen LogP contribution in [0.2, 0.25) is 0 Å². The third-order valence-electron chi connectivity index (χ3n) is 6.52. The van der Waals surface area contributed by atoms with Crippen LogP contribution in [0.3, 0.4) is 0 Å². The number of aryl methyl sites for hydroxylation is 1. The Morgan fingerprint density at radius 3 is 2.39 bits per heavy atom. The number of nitrogens with two attached hydrogens (primary N) is 1. The number of carbonyl (C=O) groups excluding carboxylic acids is 3. The summed E-state index contributed by atoms with van der Waals surface area (Å²) in [6.45, 7) is 3.83. The lowest BCUT2D eigenvalue weighted by atomic mass is 9.96. The lowest BCUT2D eigenvalue weighted by Crippen LogP contribution is -2.38. The van der Waals surface area contributed by atoms with Crippen LogP contribution in [0, 0.1) is 18.8 Å². The lowest BCUT2D eigenvalue weighted by molar-refractivity contribution is -0.122. The molecule has 0 bridgehead atoms. The third kappa shape index (κ3) is 4.94. The molecule has 33 heavy (non-hydrogen) atoms. The van der Waals surface area contributed by atoms with Gasteiger partial charge in [-0.25, -0.2) is 0 Å². The van der Waals surface area contributed by atoms with Gasteiger partial charge in [-0.2, -0.15) is 0 Å². The molecule has 2 fully saturated rings. The number of nitrogens with one attached hydrogen (secondary N) is 1. The van der Waals surface area contributed by atoms with Crippen LogP contribution in [0.15, 0.2) is 42.5 Å². The minimum absolute atomic E-state index is 0.0479. The number of methoxy groups -OCH3 is 1. The number of ether oxygens (including phenoxy) is 1. The molecule has 0 spiro atoms. The van der Waals surface area contributed by atoms with E-state index in [9.17, 15) is 14.4 Å². The number of nitrogens with zero attached hydrogens (tertiary/aromatic N) is 2. The second-order valence-corrected chi connectivity index (χ2v) is 8.78. The van der Waals surface area contributed by atoms with Crippen molar-refractivity contribution in [1.29, 1.82) is 0 Å². The number of carbonyl (C=O) groups is 3. The van der Waals surface area contributed by atoms with Gasteiger partial charge < -0.3 is 25.6 Å². The van der Waals surface area contributed by atoms with Crippen molar-refractivity contribution in [2.45, 2.75) is 26.2 Å². The summed E-state index contributed by atoms with van der Waals surface area (Å²) in [5.41, 5.74) is 8.86. The quantitative estimate of drug-likeness (QED) is 0.704. The predicted octanol–water partition coefficient (Wildman–Crippen LogP) is 2.70. The molecule has 0 radical (unpaired) electrons. The van der Waals surface area contributed by atoms with Gasteiger partial charge in [0.05, 0.1) is 18.7 Å². The molecule has 0 aliphatic carbocycles. The maximum absolute atomic E-state index is 12.9. The van der Waals surface area contributed by atoms with Gasteiger partial charge in [-0.3, -0.25) is 14.4 Å². The van der Waals surface area contributed by atoms with E-state index >= 15 is 0 Å². The highest BCUT2D eigenvalue weighted by molar-refractivity contribution is 6.04. The molecule has 0 aromatic heterocycles. The van der Waals surface area contributed by atoms with E-state index in [4.69, 9.17) is 10.5 Å². The molecular weight excluding hydrogens is 420 g/mol. The number of benzene rings is 2. The van der Waals surface area contributed by atoms with Crippen LogP contribution in [0.4, 0.5) is 17.1 Å². The zero-order chi connectivity index (χ0) is 23.5. The first kappa shape index (κ1) is 22.6. The monoisotopic (exact) mass is 450 g/mol. The van der Waals surface area contributed by atoms with Crippen molar-refractivity contribution in [1.82, 2.24) is 0 Å². The van der Waals surface area contributed by atoms with Crippen LogP contribution in [0.5, 0.6) is 5.75 Å². The summed E-state index contributed by atoms with van der Waals surface area (Å²) in [5, 5.41) is 2.94. The molecule has 2 aromatic rings. The largest absolute Gasteiger partial charge is 0.495 e. The highest BCUT2D eigenvalue weighted by Crippen LogP contribution is 2.34. The van der Waals surface area contributed by atoms with Crippen LogP contribution in [0.25, 0.3) is 0 Å². The van der Waals surface area contributed by atoms with Crippen molar-refractivity contribution < 1.29 is 19.1 Å². The Kier molecular flexibility index (Phi) is 6.53. The molecule has 2 aromatic carbocycles. The van der Waals surface area contributed by atoms with E-state index in [1.54, 1.807) is 12.0 Å². The zero-order valence-corrected chi connectivity index (χ0v) is 19.0. The number of anilines is 3. The average Bonchev–Trinajstić information content (AvgIpc) is 3.21. The molecule has 0 saturated carbocycles. The first-order valence-corrected chi connectivity index (χ1v) is 11.3. The Bertz CT molecular complexity index is 1040. The average molecular weight is 451 g/mol. The highest BCUT2D eigenvalue weighted by atomic mass is 16.5. The summed E-state index contributed by atoms with van der Waals surface area (Å²) < 4.78 is 5.41. The second-order valence-electron chi connectivity index (χ2n) is 8.78. The van der Waals surface area contributed by atoms with E-state index in [-0.39, 0.29) is 30.1 Å². The van der Waals surface area contributed by atoms with Gasteiger partial charge in [-0.15, -0.1) is 0 Å². The van der Waals surface area contributed by atoms with Gasteiger partial charge in [0, 0.05) is 43.3 Å². The Morgan fingerprint density at radius 1 is 1.06 bits per heavy atom. The van der Waals surface area contributed by atoms with Gasteiger partial charge in [0.1, 0.15) is 5.75 Å². The topological polar surface area (TPSA) is 105 Å². The Hall–Kier alpha value is -3.55. The fourth-order valence-corrected chi connectivity index (χ4v) is 4.55. The van der Waals surface area contributed by atoms with Crippen molar-refractivity contribution in [2.24, 2.45) is 17.6 Å². The molecule has 174 valence electrons. The van der Waals surface area contributed by atoms with Crippen molar-refractivity contribution in [3.8, 4) is 5.75 Å². The first-order chi connectivity index (χ1) is 15.9. The molecular formula is C25H30N4O4. The van der Waals surface area contributed by atoms with Gasteiger partial charge in [-0.05, 0) is 61.7 Å². The van der Waals surface area contributed by atoms with Gasteiger partial charge >= 0.3 is 0 Å². The molecule has 3 N–H and O–H groups in total. The maximum atomic E-state index is 12.9. The second kappa shape index (κ2) is 9.52. The highest BCUT2D eigenvalue weighted by Gasteiger charge is 2.36. The van der Waals surface area contributed by atoms with E-state index in [0.717, 1.165) is 37.2 Å². The fourth-order valence-electron chi connectivity index (χ4n) is 4.55. The number of hydrogen-bond donors (Lipinski definition) is 2. The number of primary amides is 1. The van der Waals surface area contributed by atoms with E-state index in [1.165, 1.54) is 0 Å². The Labute approximate surface area is 193 Å². The third-order valence-corrected chi connectivity index (χ3v) is 6.52. The Balaban J connectivity index is 1.37. The molecule has 4 rings (SSSR count). The molecule has 8 heteroatoms. The van der Waals surface area contributed by atoms with Crippen molar-refractivity contribution in [2.75, 3.05) is 41.9 Å². The van der Waals surface area contributed by atoms with E-state index < -0.39 is 5.92 Å². The molecule has 2 aliphatic heterocycles. The predicted molar refractivity (Wildman–Crippen MR) is 127 cm³/mol. The summed E-state index contributed by atoms with van der Waals surface area (Å²) in [7, 11) is 1.57. The normalized spacial score (nSPS) is 19.0. The molecule has 2 aliphatic rings. The van der Waals surface area contributed by atoms with Gasteiger partial charge in [0.25, 0.3) is 0 Å². The lowest BCUT2D eigenvalue weighted by Gasteiger charge is -2.32. The van der Waals surface area contributed by atoms with Crippen LogP contribution in [0.1, 0.15) is 24.8 Å². The number of rotatable bonds is 6. The fraction of sp³-hybridized carbons (Fsp3) is 0.400. The van der Waals surface area contributed by atoms with Crippen molar-refractivity contribution in [3.63, 3.8) is 0 Å². The maximum Gasteiger partial charge on any atom is 0.229 e. The zero-order valence-electron chi connectivity index (χ0n) is 19.0. The summed E-state index contributed by atoms with van der Waals surface area (Å²) >= 11 is 0. The number of piperidine rings is 1.